The first-order chi connectivity index (χ1) is 18.1. The van der Waals surface area contributed by atoms with Crippen molar-refractivity contribution in [3.05, 3.63) is 84.6 Å². The summed E-state index contributed by atoms with van der Waals surface area (Å²) in [6.07, 6.45) is 6.38. The molecule has 0 bridgehead atoms. The van der Waals surface area contributed by atoms with Gasteiger partial charge in [0, 0.05) is 17.3 Å². The fourth-order valence-electron chi connectivity index (χ4n) is 4.62. The van der Waals surface area contributed by atoms with Gasteiger partial charge >= 0.3 is 0 Å². The highest BCUT2D eigenvalue weighted by Gasteiger charge is 2.36. The molecule has 2 aromatic carbocycles. The Bertz CT molecular complexity index is 1340. The number of halogens is 1. The van der Waals surface area contributed by atoms with Gasteiger partial charge in [0.05, 0.1) is 6.26 Å². The van der Waals surface area contributed by atoms with Gasteiger partial charge in [0.2, 0.25) is 5.82 Å². The van der Waals surface area contributed by atoms with Gasteiger partial charge in [-0.1, -0.05) is 55.7 Å². The number of aromatic nitrogens is 4. The van der Waals surface area contributed by atoms with Crippen molar-refractivity contribution in [1.29, 1.82) is 0 Å². The van der Waals surface area contributed by atoms with Crippen molar-refractivity contribution < 1.29 is 18.4 Å². The molecule has 1 atom stereocenters. The summed E-state index contributed by atoms with van der Waals surface area (Å²) in [5, 5.41) is 15.5. The summed E-state index contributed by atoms with van der Waals surface area (Å²) >= 11 is 0. The van der Waals surface area contributed by atoms with Crippen molar-refractivity contribution in [3.63, 3.8) is 0 Å². The molecule has 0 spiro atoms. The molecular formula is C27H27FN6O3. The first-order valence-corrected chi connectivity index (χ1v) is 12.3. The summed E-state index contributed by atoms with van der Waals surface area (Å²) in [6, 6.07) is 17.0. The van der Waals surface area contributed by atoms with E-state index in [1.54, 1.807) is 18.2 Å². The normalized spacial score (nSPS) is 14.7. The van der Waals surface area contributed by atoms with E-state index in [0.717, 1.165) is 42.5 Å². The highest BCUT2D eigenvalue weighted by Crippen LogP contribution is 2.30. The van der Waals surface area contributed by atoms with E-state index in [-0.39, 0.29) is 24.0 Å². The molecule has 37 heavy (non-hydrogen) atoms. The van der Waals surface area contributed by atoms with Crippen LogP contribution in [0.5, 0.6) is 0 Å². The maximum Gasteiger partial charge on any atom is 0.251 e. The van der Waals surface area contributed by atoms with E-state index in [4.69, 9.17) is 4.42 Å². The molecule has 190 valence electrons. The van der Waals surface area contributed by atoms with Gasteiger partial charge < -0.3 is 9.73 Å². The average molecular weight is 503 g/mol. The second-order valence-electron chi connectivity index (χ2n) is 9.01. The third kappa shape index (κ3) is 5.74. The van der Waals surface area contributed by atoms with Gasteiger partial charge in [0.25, 0.3) is 11.8 Å². The third-order valence-electron chi connectivity index (χ3n) is 6.39. The lowest BCUT2D eigenvalue weighted by atomic mass is 9.95. The number of carbonyl (C=O) groups excluding carboxylic acids is 2. The van der Waals surface area contributed by atoms with Gasteiger partial charge in [-0.15, -0.1) is 10.2 Å². The van der Waals surface area contributed by atoms with Crippen LogP contribution in [0.15, 0.2) is 77.4 Å². The van der Waals surface area contributed by atoms with Crippen LogP contribution in [0, 0.1) is 5.82 Å². The zero-order valence-corrected chi connectivity index (χ0v) is 20.2. The van der Waals surface area contributed by atoms with E-state index in [2.05, 4.69) is 20.7 Å². The standard InChI is InChI=1S/C27H27FN6O3/c28-20-11-7-14-22(17-20)34(24(35)18-33-31-26(30-32-33)19-9-3-1-4-10-19)25(23-15-8-16-37-23)27(36)29-21-12-5-2-6-13-21/h1,3-4,7-11,14-17,21,25H,2,5-6,12-13,18H2,(H,29,36). The third-order valence-corrected chi connectivity index (χ3v) is 6.39. The first kappa shape index (κ1) is 24.4. The largest absolute Gasteiger partial charge is 0.467 e. The number of amides is 2. The topological polar surface area (TPSA) is 106 Å². The van der Waals surface area contributed by atoms with Crippen LogP contribution in [-0.4, -0.2) is 38.1 Å². The van der Waals surface area contributed by atoms with Gasteiger partial charge in [0.1, 0.15) is 18.1 Å². The highest BCUT2D eigenvalue weighted by molar-refractivity contribution is 6.01. The van der Waals surface area contributed by atoms with Crippen LogP contribution in [0.1, 0.15) is 43.9 Å². The Balaban J connectivity index is 1.47. The van der Waals surface area contributed by atoms with Crippen LogP contribution < -0.4 is 10.2 Å². The molecule has 1 fully saturated rings. The Labute approximate surface area is 213 Å². The van der Waals surface area contributed by atoms with Crippen molar-refractivity contribution in [2.24, 2.45) is 0 Å². The molecule has 0 saturated heterocycles. The Morgan fingerprint density at radius 1 is 1.05 bits per heavy atom. The fraction of sp³-hybridized carbons (Fsp3) is 0.296. The lowest BCUT2D eigenvalue weighted by Gasteiger charge is -2.32. The van der Waals surface area contributed by atoms with Crippen molar-refractivity contribution in [3.8, 4) is 11.4 Å². The van der Waals surface area contributed by atoms with E-state index < -0.39 is 23.7 Å². The van der Waals surface area contributed by atoms with Crippen molar-refractivity contribution >= 4 is 17.5 Å². The van der Waals surface area contributed by atoms with Gasteiger partial charge in [0.15, 0.2) is 6.04 Å². The number of carbonyl (C=O) groups is 2. The van der Waals surface area contributed by atoms with Crippen LogP contribution >= 0.6 is 0 Å². The van der Waals surface area contributed by atoms with Gasteiger partial charge in [-0.3, -0.25) is 14.5 Å². The second kappa shape index (κ2) is 11.2. The maximum absolute atomic E-state index is 14.3. The molecule has 10 heteroatoms. The molecule has 1 N–H and O–H groups in total. The van der Waals surface area contributed by atoms with E-state index >= 15 is 0 Å². The van der Waals surface area contributed by atoms with Crippen LogP contribution in [0.2, 0.25) is 0 Å². The van der Waals surface area contributed by atoms with Crippen molar-refractivity contribution in [2.75, 3.05) is 4.90 Å². The second-order valence-corrected chi connectivity index (χ2v) is 9.01. The zero-order valence-electron chi connectivity index (χ0n) is 20.2. The van der Waals surface area contributed by atoms with Crippen LogP contribution in [0.4, 0.5) is 10.1 Å². The first-order valence-electron chi connectivity index (χ1n) is 12.3. The zero-order chi connectivity index (χ0) is 25.6. The number of anilines is 1. The van der Waals surface area contributed by atoms with Crippen LogP contribution in [-0.2, 0) is 16.1 Å². The summed E-state index contributed by atoms with van der Waals surface area (Å²) in [5.74, 6) is -0.823. The van der Waals surface area contributed by atoms with Gasteiger partial charge in [-0.2, -0.15) is 4.80 Å². The van der Waals surface area contributed by atoms with E-state index in [9.17, 15) is 14.0 Å². The lowest BCUT2D eigenvalue weighted by molar-refractivity contribution is -0.128. The number of furan rings is 1. The molecule has 2 amide bonds. The summed E-state index contributed by atoms with van der Waals surface area (Å²) in [5.41, 5.74) is 0.970. The van der Waals surface area contributed by atoms with Crippen LogP contribution in [0.25, 0.3) is 11.4 Å². The number of hydrogen-bond donors (Lipinski definition) is 1. The predicted molar refractivity (Wildman–Crippen MR) is 134 cm³/mol. The average Bonchev–Trinajstić information content (AvgIpc) is 3.61. The number of rotatable bonds is 8. The molecule has 2 heterocycles. The number of benzene rings is 2. The monoisotopic (exact) mass is 502 g/mol. The van der Waals surface area contributed by atoms with E-state index in [1.807, 2.05) is 30.3 Å². The number of tetrazole rings is 1. The van der Waals surface area contributed by atoms with Crippen LogP contribution in [0.3, 0.4) is 0 Å². The van der Waals surface area contributed by atoms with Gasteiger partial charge in [-0.25, -0.2) is 4.39 Å². The molecule has 1 aliphatic carbocycles. The summed E-state index contributed by atoms with van der Waals surface area (Å²) < 4.78 is 19.9. The fourth-order valence-corrected chi connectivity index (χ4v) is 4.62. The lowest BCUT2D eigenvalue weighted by Crippen LogP contribution is -2.48. The van der Waals surface area contributed by atoms with Crippen molar-refractivity contribution in [1.82, 2.24) is 25.5 Å². The summed E-state index contributed by atoms with van der Waals surface area (Å²) in [7, 11) is 0. The number of nitrogens with zero attached hydrogens (tertiary/aromatic N) is 5. The minimum atomic E-state index is -1.15. The molecule has 5 rings (SSSR count). The Morgan fingerprint density at radius 2 is 1.86 bits per heavy atom. The molecule has 9 nitrogen and oxygen atoms in total. The minimum absolute atomic E-state index is 0.00795. The molecule has 4 aromatic rings. The summed E-state index contributed by atoms with van der Waals surface area (Å²) in [4.78, 5) is 29.8. The Kier molecular flexibility index (Phi) is 7.34. The molecule has 1 saturated carbocycles. The Hall–Kier alpha value is -4.34. The Morgan fingerprint density at radius 3 is 2.59 bits per heavy atom. The molecule has 2 aromatic heterocycles. The molecule has 0 aliphatic heterocycles. The number of hydrogen-bond acceptors (Lipinski definition) is 6. The molecule has 1 aliphatic rings. The smallest absolute Gasteiger partial charge is 0.251 e. The van der Waals surface area contributed by atoms with Crippen molar-refractivity contribution in [2.45, 2.75) is 50.7 Å². The minimum Gasteiger partial charge on any atom is -0.467 e. The SMILES string of the molecule is O=C(NC1CCCCC1)C(c1ccco1)N(C(=O)Cn1nnc(-c2ccccc2)n1)c1cccc(F)c1. The number of nitrogens with one attached hydrogen (secondary N) is 1. The van der Waals surface area contributed by atoms with E-state index in [0.29, 0.717) is 5.82 Å². The predicted octanol–water partition coefficient (Wildman–Crippen LogP) is 4.30. The summed E-state index contributed by atoms with van der Waals surface area (Å²) in [6.45, 7) is -0.315. The quantitative estimate of drug-likeness (QED) is 0.385. The highest BCUT2D eigenvalue weighted by atomic mass is 19.1. The molecule has 1 unspecified atom stereocenters. The maximum atomic E-state index is 14.3. The molecule has 0 radical (unpaired) electrons. The van der Waals surface area contributed by atoms with Gasteiger partial charge in [-0.05, 0) is 48.4 Å². The molecular weight excluding hydrogens is 475 g/mol. The van der Waals surface area contributed by atoms with E-state index in [1.165, 1.54) is 29.4 Å².